The third kappa shape index (κ3) is 7.57. The van der Waals surface area contributed by atoms with Gasteiger partial charge in [-0.2, -0.15) is 9.61 Å². The van der Waals surface area contributed by atoms with Crippen molar-refractivity contribution in [1.82, 2.24) is 14.6 Å². The summed E-state index contributed by atoms with van der Waals surface area (Å²) in [6.45, 7) is 21.5. The summed E-state index contributed by atoms with van der Waals surface area (Å²) >= 11 is 0. The van der Waals surface area contributed by atoms with Crippen LogP contribution in [0.4, 0.5) is 20.7 Å². The molecule has 0 atom stereocenters. The second-order valence-electron chi connectivity index (χ2n) is 12.7. The number of fused-ring (bicyclic) bond motifs is 1. The zero-order chi connectivity index (χ0) is 29.2. The average molecular weight is 558 g/mol. The summed E-state index contributed by atoms with van der Waals surface area (Å²) in [5.74, 6) is 0.0426. The number of amides is 1. The molecule has 0 radical (unpaired) electrons. The number of nitrogens with zero attached hydrogens (tertiary/aromatic N) is 4. The van der Waals surface area contributed by atoms with Crippen molar-refractivity contribution in [2.75, 3.05) is 23.4 Å². The van der Waals surface area contributed by atoms with E-state index in [1.165, 1.54) is 4.90 Å². The van der Waals surface area contributed by atoms with Gasteiger partial charge in [0.2, 0.25) is 0 Å². The van der Waals surface area contributed by atoms with Gasteiger partial charge in [-0.05, 0) is 68.6 Å². The van der Waals surface area contributed by atoms with Crippen LogP contribution < -0.4 is 10.2 Å². The van der Waals surface area contributed by atoms with Gasteiger partial charge in [0.15, 0.2) is 14.0 Å². The highest BCUT2D eigenvalue weighted by atomic mass is 28.4. The van der Waals surface area contributed by atoms with E-state index in [0.29, 0.717) is 35.7 Å². The third-order valence-electron chi connectivity index (χ3n) is 6.99. The number of anilines is 2. The predicted octanol–water partition coefficient (Wildman–Crippen LogP) is 7.37. The molecule has 1 amide bonds. The first-order chi connectivity index (χ1) is 18.0. The van der Waals surface area contributed by atoms with Crippen LogP contribution in [0.25, 0.3) is 5.65 Å². The summed E-state index contributed by atoms with van der Waals surface area (Å²) in [5.41, 5.74) is 1.56. The Morgan fingerprint density at radius 1 is 1.13 bits per heavy atom. The van der Waals surface area contributed by atoms with Crippen LogP contribution in [0.1, 0.15) is 72.4 Å². The molecule has 8 nitrogen and oxygen atoms in total. The molecule has 0 spiro atoms. The van der Waals surface area contributed by atoms with Crippen LogP contribution in [0.15, 0.2) is 36.7 Å². The molecule has 0 unspecified atom stereocenters. The van der Waals surface area contributed by atoms with Crippen molar-refractivity contribution in [3.8, 4) is 0 Å². The minimum Gasteiger partial charge on any atom is -0.443 e. The molecule has 0 bridgehead atoms. The number of hydrogen-bond acceptors (Lipinski definition) is 6. The highest BCUT2D eigenvalue weighted by Gasteiger charge is 2.36. The SMILES string of the molecule is CC(C)c1cc(NCCO[Si](C)(C)C(C)(C)C)cc(CN(C(=O)OC(C)(C)C)c2ccnc3ccnn23)c1F. The van der Waals surface area contributed by atoms with Crippen LogP contribution in [-0.4, -0.2) is 47.8 Å². The van der Waals surface area contributed by atoms with E-state index in [9.17, 15) is 4.79 Å². The number of nitrogens with one attached hydrogen (secondary N) is 1. The maximum atomic E-state index is 15.8. The van der Waals surface area contributed by atoms with E-state index in [4.69, 9.17) is 9.16 Å². The normalized spacial score (nSPS) is 12.7. The van der Waals surface area contributed by atoms with Gasteiger partial charge >= 0.3 is 6.09 Å². The highest BCUT2D eigenvalue weighted by Crippen LogP contribution is 2.36. The Morgan fingerprint density at radius 2 is 1.82 bits per heavy atom. The van der Waals surface area contributed by atoms with Gasteiger partial charge in [-0.1, -0.05) is 34.6 Å². The molecule has 10 heteroatoms. The summed E-state index contributed by atoms with van der Waals surface area (Å²) in [6, 6.07) is 7.01. The standard InChI is InChI=1S/C29H44FN5O3Si/c1-20(2)23-18-22(31-15-16-37-39(9,10)29(6,7)8)17-21(26(23)30)19-34(27(36)38-28(3,4)5)25-12-13-32-24-11-14-33-35(24)25/h11-14,17-18,20,31H,15-16,19H2,1-10H3. The number of ether oxygens (including phenoxy) is 1. The van der Waals surface area contributed by atoms with Gasteiger partial charge in [0.05, 0.1) is 19.3 Å². The number of halogens is 1. The van der Waals surface area contributed by atoms with E-state index in [1.54, 1.807) is 55.9 Å². The van der Waals surface area contributed by atoms with Crippen molar-refractivity contribution in [2.45, 2.75) is 91.6 Å². The molecule has 3 aromatic rings. The fraction of sp³-hybridized carbons (Fsp3) is 0.552. The Hall–Kier alpha value is -2.98. The van der Waals surface area contributed by atoms with Crippen LogP contribution in [0.5, 0.6) is 0 Å². The van der Waals surface area contributed by atoms with Crippen molar-refractivity contribution < 1.29 is 18.3 Å². The topological polar surface area (TPSA) is 81.0 Å². The first-order valence-electron chi connectivity index (χ1n) is 13.5. The molecule has 1 aromatic carbocycles. The summed E-state index contributed by atoms with van der Waals surface area (Å²) < 4.78 is 29.4. The van der Waals surface area contributed by atoms with Crippen LogP contribution in [0.2, 0.25) is 18.1 Å². The molecule has 214 valence electrons. The summed E-state index contributed by atoms with van der Waals surface area (Å²) in [7, 11) is -1.87. The van der Waals surface area contributed by atoms with Crippen molar-refractivity contribution in [1.29, 1.82) is 0 Å². The van der Waals surface area contributed by atoms with E-state index < -0.39 is 20.0 Å². The van der Waals surface area contributed by atoms with Crippen molar-refractivity contribution in [2.24, 2.45) is 0 Å². The van der Waals surface area contributed by atoms with Crippen molar-refractivity contribution >= 4 is 31.6 Å². The van der Waals surface area contributed by atoms with Gasteiger partial charge in [0.25, 0.3) is 0 Å². The van der Waals surface area contributed by atoms with E-state index in [2.05, 4.69) is 49.3 Å². The number of rotatable bonds is 9. The highest BCUT2D eigenvalue weighted by molar-refractivity contribution is 6.74. The molecule has 39 heavy (non-hydrogen) atoms. The molecule has 0 saturated carbocycles. The van der Waals surface area contributed by atoms with E-state index in [0.717, 1.165) is 5.69 Å². The van der Waals surface area contributed by atoms with Crippen molar-refractivity contribution in [3.05, 3.63) is 53.6 Å². The number of carbonyl (C=O) groups excluding carboxylic acids is 1. The summed E-state index contributed by atoms with van der Waals surface area (Å²) in [6.07, 6.45) is 2.60. The first kappa shape index (κ1) is 30.6. The minimum atomic E-state index is -1.87. The van der Waals surface area contributed by atoms with Gasteiger partial charge in [-0.15, -0.1) is 0 Å². The Morgan fingerprint density at radius 3 is 2.44 bits per heavy atom. The molecule has 0 aliphatic carbocycles. The van der Waals surface area contributed by atoms with Crippen LogP contribution in [-0.2, 0) is 15.7 Å². The van der Waals surface area contributed by atoms with Gasteiger partial charge in [-0.25, -0.2) is 14.2 Å². The average Bonchev–Trinajstić information content (AvgIpc) is 3.29. The Labute approximate surface area is 233 Å². The molecule has 3 rings (SSSR count). The zero-order valence-electron chi connectivity index (χ0n) is 25.1. The Balaban J connectivity index is 1.94. The largest absolute Gasteiger partial charge is 0.443 e. The second kappa shape index (κ2) is 11.6. The Bertz CT molecular complexity index is 1290. The molecule has 2 aromatic heterocycles. The second-order valence-corrected chi connectivity index (χ2v) is 17.5. The molecule has 2 heterocycles. The first-order valence-corrected chi connectivity index (χ1v) is 16.4. The minimum absolute atomic E-state index is 0.0462. The van der Waals surface area contributed by atoms with Crippen LogP contribution in [0.3, 0.4) is 0 Å². The maximum absolute atomic E-state index is 15.8. The number of hydrogen-bond donors (Lipinski definition) is 1. The lowest BCUT2D eigenvalue weighted by Crippen LogP contribution is -2.41. The Kier molecular flexibility index (Phi) is 9.12. The zero-order valence-corrected chi connectivity index (χ0v) is 26.1. The maximum Gasteiger partial charge on any atom is 0.416 e. The summed E-state index contributed by atoms with van der Waals surface area (Å²) in [4.78, 5) is 19.1. The van der Waals surface area contributed by atoms with E-state index >= 15 is 4.39 Å². The summed E-state index contributed by atoms with van der Waals surface area (Å²) in [5, 5.41) is 7.85. The fourth-order valence-electron chi connectivity index (χ4n) is 3.82. The number of carbonyl (C=O) groups is 1. The molecule has 0 fully saturated rings. The monoisotopic (exact) mass is 557 g/mol. The van der Waals surface area contributed by atoms with E-state index in [-0.39, 0.29) is 23.3 Å². The van der Waals surface area contributed by atoms with Gasteiger partial charge in [0, 0.05) is 30.1 Å². The van der Waals surface area contributed by atoms with Gasteiger partial charge in [-0.3, -0.25) is 4.90 Å². The van der Waals surface area contributed by atoms with E-state index in [1.807, 2.05) is 19.9 Å². The molecule has 0 aliphatic rings. The molecule has 1 N–H and O–H groups in total. The quantitative estimate of drug-likeness (QED) is 0.219. The van der Waals surface area contributed by atoms with Gasteiger partial charge < -0.3 is 14.5 Å². The lowest BCUT2D eigenvalue weighted by molar-refractivity contribution is 0.0575. The van der Waals surface area contributed by atoms with Gasteiger partial charge in [0.1, 0.15) is 17.2 Å². The van der Waals surface area contributed by atoms with Crippen molar-refractivity contribution in [3.63, 3.8) is 0 Å². The smallest absolute Gasteiger partial charge is 0.416 e. The lowest BCUT2D eigenvalue weighted by atomic mass is 9.98. The predicted molar refractivity (Wildman–Crippen MR) is 158 cm³/mol. The molecular weight excluding hydrogens is 513 g/mol. The van der Waals surface area contributed by atoms with Crippen LogP contribution in [0, 0.1) is 5.82 Å². The fourth-order valence-corrected chi connectivity index (χ4v) is 4.86. The third-order valence-corrected chi connectivity index (χ3v) is 11.5. The molecular formula is C29H44FN5O3Si. The molecule has 0 saturated heterocycles. The number of benzene rings is 1. The molecule has 0 aliphatic heterocycles. The van der Waals surface area contributed by atoms with Crippen LogP contribution >= 0.6 is 0 Å². The lowest BCUT2D eigenvalue weighted by Gasteiger charge is -2.36. The number of aromatic nitrogens is 3.